The number of carbonyl (C=O) groups is 2. The van der Waals surface area contributed by atoms with Crippen LogP contribution in [-0.2, 0) is 4.74 Å². The summed E-state index contributed by atoms with van der Waals surface area (Å²) < 4.78 is 7.38. The molecule has 0 saturated carbocycles. The number of hydrogen-bond acceptors (Lipinski definition) is 5. The molecule has 2 fully saturated rings. The van der Waals surface area contributed by atoms with Crippen LogP contribution in [0.5, 0.6) is 0 Å². The summed E-state index contributed by atoms with van der Waals surface area (Å²) in [5, 5.41) is 4.19. The highest BCUT2D eigenvalue weighted by molar-refractivity contribution is 5.99. The van der Waals surface area contributed by atoms with E-state index in [9.17, 15) is 9.59 Å². The van der Waals surface area contributed by atoms with Gasteiger partial charge in [-0.3, -0.25) is 4.79 Å². The fourth-order valence-corrected chi connectivity index (χ4v) is 4.09. The first-order valence-corrected chi connectivity index (χ1v) is 9.60. The van der Waals surface area contributed by atoms with Crippen molar-refractivity contribution in [1.29, 1.82) is 0 Å². The molecule has 0 aromatic carbocycles. The van der Waals surface area contributed by atoms with Crippen LogP contribution < -0.4 is 0 Å². The van der Waals surface area contributed by atoms with Crippen molar-refractivity contribution in [2.45, 2.75) is 51.2 Å². The number of amides is 2. The maximum atomic E-state index is 12.9. The van der Waals surface area contributed by atoms with E-state index in [1.165, 1.54) is 0 Å². The topological polar surface area (TPSA) is 80.0 Å². The van der Waals surface area contributed by atoms with E-state index in [0.717, 1.165) is 12.8 Å². The molecule has 27 heavy (non-hydrogen) atoms. The second kappa shape index (κ2) is 6.83. The molecule has 8 heteroatoms. The molecule has 2 saturated heterocycles. The van der Waals surface area contributed by atoms with E-state index in [0.29, 0.717) is 43.7 Å². The lowest BCUT2D eigenvalue weighted by molar-refractivity contribution is 0.00312. The summed E-state index contributed by atoms with van der Waals surface area (Å²) in [6, 6.07) is 1.96. The Kier molecular flexibility index (Phi) is 4.49. The van der Waals surface area contributed by atoms with Crippen LogP contribution in [0.2, 0.25) is 0 Å². The molecule has 8 nitrogen and oxygen atoms in total. The first-order valence-electron chi connectivity index (χ1n) is 9.60. The fraction of sp³-hybridized carbons (Fsp3) is 0.579. The fourth-order valence-electron chi connectivity index (χ4n) is 4.09. The highest BCUT2D eigenvalue weighted by atomic mass is 16.6. The van der Waals surface area contributed by atoms with Gasteiger partial charge in [-0.15, -0.1) is 0 Å². The smallest absolute Gasteiger partial charge is 0.410 e. The van der Waals surface area contributed by atoms with Crippen LogP contribution in [0.25, 0.3) is 5.65 Å². The quantitative estimate of drug-likeness (QED) is 0.824. The third-order valence-electron chi connectivity index (χ3n) is 5.71. The van der Waals surface area contributed by atoms with Gasteiger partial charge < -0.3 is 14.5 Å². The Hall–Kier alpha value is -2.64. The van der Waals surface area contributed by atoms with Crippen molar-refractivity contribution in [2.75, 3.05) is 19.6 Å². The van der Waals surface area contributed by atoms with E-state index in [4.69, 9.17) is 4.74 Å². The van der Waals surface area contributed by atoms with Gasteiger partial charge in [0.1, 0.15) is 11.2 Å². The van der Waals surface area contributed by atoms with Gasteiger partial charge in [0.25, 0.3) is 5.91 Å². The largest absolute Gasteiger partial charge is 0.441 e. The second-order valence-corrected chi connectivity index (χ2v) is 7.55. The number of rotatable bonds is 4. The third-order valence-corrected chi connectivity index (χ3v) is 5.71. The minimum Gasteiger partial charge on any atom is -0.441 e. The highest BCUT2D eigenvalue weighted by Crippen LogP contribution is 2.35. The van der Waals surface area contributed by atoms with Gasteiger partial charge >= 0.3 is 6.09 Å². The third kappa shape index (κ3) is 3.13. The molecule has 2 aliphatic rings. The number of aromatic nitrogens is 3. The van der Waals surface area contributed by atoms with E-state index in [-0.39, 0.29) is 18.0 Å². The van der Waals surface area contributed by atoms with Crippen LogP contribution in [0.3, 0.4) is 0 Å². The summed E-state index contributed by atoms with van der Waals surface area (Å²) in [6.45, 7) is 5.93. The molecular weight excluding hydrogens is 346 g/mol. The standard InChI is InChI=1S/C19H25N5O3/c1-3-5-14(2)23-13-19(27-18(23)26)6-10-22(11-7-19)17(25)15-12-21-24-9-4-8-20-16(15)24/h4,8-9,12,14H,3,5-7,10-11,13H2,1-2H3/t14-/m0/s1. The van der Waals surface area contributed by atoms with Gasteiger partial charge in [-0.25, -0.2) is 14.3 Å². The second-order valence-electron chi connectivity index (χ2n) is 7.55. The molecule has 0 aliphatic carbocycles. The van der Waals surface area contributed by atoms with Crippen LogP contribution in [0.4, 0.5) is 4.79 Å². The predicted octanol–water partition coefficient (Wildman–Crippen LogP) is 2.34. The summed E-state index contributed by atoms with van der Waals surface area (Å²) in [7, 11) is 0. The Morgan fingerprint density at radius 1 is 1.37 bits per heavy atom. The first-order chi connectivity index (χ1) is 13.0. The van der Waals surface area contributed by atoms with Crippen LogP contribution >= 0.6 is 0 Å². The van der Waals surface area contributed by atoms with Gasteiger partial charge in [-0.05, 0) is 19.4 Å². The summed E-state index contributed by atoms with van der Waals surface area (Å²) in [5.41, 5.74) is 0.609. The Bertz CT molecular complexity index is 856. The molecule has 0 radical (unpaired) electrons. The number of ether oxygens (including phenoxy) is 1. The monoisotopic (exact) mass is 371 g/mol. The van der Waals surface area contributed by atoms with Crippen molar-refractivity contribution in [3.8, 4) is 0 Å². The SMILES string of the molecule is CCC[C@H](C)N1CC2(CCN(C(=O)c3cnn4cccnc34)CC2)OC1=O. The number of hydrogen-bond donors (Lipinski definition) is 0. The molecule has 4 rings (SSSR count). The Balaban J connectivity index is 1.43. The van der Waals surface area contributed by atoms with Crippen LogP contribution in [-0.4, -0.2) is 67.7 Å². The van der Waals surface area contributed by atoms with Crippen LogP contribution in [0.15, 0.2) is 24.7 Å². The Morgan fingerprint density at radius 3 is 2.89 bits per heavy atom. The molecule has 2 aliphatic heterocycles. The van der Waals surface area contributed by atoms with Crippen molar-refractivity contribution >= 4 is 17.6 Å². The molecule has 0 bridgehead atoms. The highest BCUT2D eigenvalue weighted by Gasteiger charge is 2.48. The lowest BCUT2D eigenvalue weighted by Crippen LogP contribution is -2.49. The molecule has 0 N–H and O–H groups in total. The van der Waals surface area contributed by atoms with Crippen LogP contribution in [0, 0.1) is 0 Å². The normalized spacial score (nSPS) is 20.3. The van der Waals surface area contributed by atoms with Crippen molar-refractivity contribution < 1.29 is 14.3 Å². The maximum Gasteiger partial charge on any atom is 0.410 e. The minimum atomic E-state index is -0.463. The Morgan fingerprint density at radius 2 is 2.15 bits per heavy atom. The lowest BCUT2D eigenvalue weighted by atomic mass is 9.90. The number of fused-ring (bicyclic) bond motifs is 1. The molecule has 2 aromatic rings. The number of piperidine rings is 1. The van der Waals surface area contributed by atoms with Crippen LogP contribution in [0.1, 0.15) is 49.9 Å². The van der Waals surface area contributed by atoms with E-state index in [2.05, 4.69) is 23.9 Å². The molecule has 2 aromatic heterocycles. The van der Waals surface area contributed by atoms with Gasteiger partial charge in [0.15, 0.2) is 5.65 Å². The zero-order chi connectivity index (χ0) is 19.0. The van der Waals surface area contributed by atoms with Gasteiger partial charge in [0.2, 0.25) is 0 Å². The molecule has 144 valence electrons. The minimum absolute atomic E-state index is 0.0703. The van der Waals surface area contributed by atoms with E-state index >= 15 is 0 Å². The van der Waals surface area contributed by atoms with Crippen molar-refractivity contribution in [2.24, 2.45) is 0 Å². The average Bonchev–Trinajstić information content (AvgIpc) is 3.23. The van der Waals surface area contributed by atoms with E-state index in [1.807, 2.05) is 9.80 Å². The van der Waals surface area contributed by atoms with Crippen molar-refractivity contribution in [3.63, 3.8) is 0 Å². The molecule has 0 unspecified atom stereocenters. The number of carbonyl (C=O) groups excluding carboxylic acids is 2. The molecular formula is C19H25N5O3. The summed E-state index contributed by atoms with van der Waals surface area (Å²) in [4.78, 5) is 33.1. The molecule has 4 heterocycles. The number of likely N-dealkylation sites (tertiary alicyclic amines) is 1. The van der Waals surface area contributed by atoms with Crippen molar-refractivity contribution in [1.82, 2.24) is 24.4 Å². The summed E-state index contributed by atoms with van der Waals surface area (Å²) in [6.07, 6.45) is 8.10. The zero-order valence-electron chi connectivity index (χ0n) is 15.8. The van der Waals surface area contributed by atoms with Gasteiger partial charge in [0.05, 0.1) is 12.7 Å². The Labute approximate surface area is 158 Å². The van der Waals surface area contributed by atoms with Gasteiger partial charge in [-0.1, -0.05) is 13.3 Å². The zero-order valence-corrected chi connectivity index (χ0v) is 15.8. The molecule has 2 amide bonds. The summed E-state index contributed by atoms with van der Waals surface area (Å²) in [5.74, 6) is -0.0703. The van der Waals surface area contributed by atoms with E-state index < -0.39 is 5.60 Å². The molecule has 1 spiro atoms. The lowest BCUT2D eigenvalue weighted by Gasteiger charge is -2.37. The van der Waals surface area contributed by atoms with Gasteiger partial charge in [0, 0.05) is 44.4 Å². The maximum absolute atomic E-state index is 12.9. The average molecular weight is 371 g/mol. The predicted molar refractivity (Wildman–Crippen MR) is 98.4 cm³/mol. The summed E-state index contributed by atoms with van der Waals surface area (Å²) >= 11 is 0. The first kappa shape index (κ1) is 17.8. The number of nitrogens with zero attached hydrogens (tertiary/aromatic N) is 5. The van der Waals surface area contributed by atoms with Gasteiger partial charge in [-0.2, -0.15) is 5.10 Å². The van der Waals surface area contributed by atoms with E-state index in [1.54, 1.807) is 29.2 Å². The van der Waals surface area contributed by atoms with Crippen molar-refractivity contribution in [3.05, 3.63) is 30.2 Å². The molecule has 1 atom stereocenters.